The summed E-state index contributed by atoms with van der Waals surface area (Å²) in [5.41, 5.74) is -2.20. The lowest BCUT2D eigenvalue weighted by Crippen LogP contribution is -2.47. The van der Waals surface area contributed by atoms with Crippen LogP contribution >= 0.6 is 0 Å². The molecule has 0 rings (SSSR count). The van der Waals surface area contributed by atoms with Gasteiger partial charge in [-0.1, -0.05) is 0 Å². The summed E-state index contributed by atoms with van der Waals surface area (Å²) < 4.78 is 28.7. The van der Waals surface area contributed by atoms with E-state index in [0.29, 0.717) is 0 Å². The van der Waals surface area contributed by atoms with E-state index >= 15 is 0 Å². The molecule has 0 aliphatic rings. The Bertz CT molecular complexity index is 387. The van der Waals surface area contributed by atoms with Gasteiger partial charge in [0, 0.05) is 6.54 Å². The predicted octanol–water partition coefficient (Wildman–Crippen LogP) is -1.70. The molecular formula is C8H15NO7S. The summed E-state index contributed by atoms with van der Waals surface area (Å²) in [6.07, 6.45) is -0.346. The van der Waals surface area contributed by atoms with Crippen LogP contribution < -0.4 is 4.72 Å². The van der Waals surface area contributed by atoms with Crippen molar-refractivity contribution in [1.82, 2.24) is 4.72 Å². The predicted molar refractivity (Wildman–Crippen MR) is 56.7 cm³/mol. The Kier molecular flexibility index (Phi) is 5.52. The van der Waals surface area contributed by atoms with Gasteiger partial charge in [0.2, 0.25) is 10.0 Å². The topological polar surface area (TPSA) is 130 Å². The van der Waals surface area contributed by atoms with Crippen LogP contribution in [0.1, 0.15) is 13.3 Å². The van der Waals surface area contributed by atoms with Crippen molar-refractivity contribution in [3.63, 3.8) is 0 Å². The molecule has 0 aromatic carbocycles. The number of aliphatic hydroxyl groups is 1. The molecule has 0 aliphatic heterocycles. The van der Waals surface area contributed by atoms with E-state index in [1.165, 1.54) is 0 Å². The quantitative estimate of drug-likeness (QED) is 0.470. The first-order valence-electron chi connectivity index (χ1n) is 4.60. The van der Waals surface area contributed by atoms with Gasteiger partial charge in [0.1, 0.15) is 0 Å². The first kappa shape index (κ1) is 15.8. The van der Waals surface area contributed by atoms with Crippen molar-refractivity contribution < 1.29 is 33.0 Å². The Morgan fingerprint density at radius 2 is 1.94 bits per heavy atom. The minimum absolute atomic E-state index is 0.346. The number of carbonyl (C=O) groups excluding carboxylic acids is 1. The van der Waals surface area contributed by atoms with E-state index in [2.05, 4.69) is 4.74 Å². The summed E-state index contributed by atoms with van der Waals surface area (Å²) in [5.74, 6) is -2.77. The van der Waals surface area contributed by atoms with E-state index < -0.39 is 39.9 Å². The number of hydrogen-bond donors (Lipinski definition) is 3. The lowest BCUT2D eigenvalue weighted by Gasteiger charge is -2.18. The van der Waals surface area contributed by atoms with Crippen LogP contribution in [0.4, 0.5) is 0 Å². The Morgan fingerprint density at radius 3 is 2.35 bits per heavy atom. The molecule has 0 heterocycles. The molecule has 17 heavy (non-hydrogen) atoms. The molecule has 0 radical (unpaired) electrons. The van der Waals surface area contributed by atoms with Gasteiger partial charge in [0.15, 0.2) is 5.60 Å². The smallest absolute Gasteiger partial charge is 0.336 e. The summed E-state index contributed by atoms with van der Waals surface area (Å²) in [6.45, 7) is 0.282. The Hall–Kier alpha value is -1.19. The molecule has 0 saturated carbocycles. The number of carboxylic acids is 1. The van der Waals surface area contributed by atoms with Gasteiger partial charge in [0.05, 0.1) is 19.3 Å². The second-order valence-corrected chi connectivity index (χ2v) is 5.47. The van der Waals surface area contributed by atoms with Gasteiger partial charge in [-0.25, -0.2) is 17.9 Å². The second kappa shape index (κ2) is 5.94. The molecule has 0 spiro atoms. The van der Waals surface area contributed by atoms with Gasteiger partial charge in [-0.2, -0.15) is 0 Å². The van der Waals surface area contributed by atoms with Crippen molar-refractivity contribution in [3.8, 4) is 0 Å². The summed E-state index contributed by atoms with van der Waals surface area (Å²) in [5, 5.41) is 17.8. The molecule has 0 fully saturated rings. The number of ether oxygens (including phenoxy) is 1. The van der Waals surface area contributed by atoms with Gasteiger partial charge in [0.25, 0.3) is 0 Å². The molecule has 0 aromatic rings. The summed E-state index contributed by atoms with van der Waals surface area (Å²) in [7, 11) is -2.70. The van der Waals surface area contributed by atoms with Crippen molar-refractivity contribution >= 4 is 22.0 Å². The number of sulfonamides is 1. The van der Waals surface area contributed by atoms with E-state index in [0.717, 1.165) is 14.0 Å². The highest BCUT2D eigenvalue weighted by Gasteiger charge is 2.31. The minimum Gasteiger partial charge on any atom is -0.479 e. The van der Waals surface area contributed by atoms with Crippen LogP contribution in [0.2, 0.25) is 0 Å². The van der Waals surface area contributed by atoms with Crippen molar-refractivity contribution in [2.45, 2.75) is 18.9 Å². The molecule has 8 nitrogen and oxygen atoms in total. The van der Waals surface area contributed by atoms with Gasteiger partial charge in [-0.15, -0.1) is 0 Å². The first-order chi connectivity index (χ1) is 7.60. The zero-order valence-corrected chi connectivity index (χ0v) is 10.3. The molecule has 0 aliphatic carbocycles. The van der Waals surface area contributed by atoms with Crippen LogP contribution in [0, 0.1) is 0 Å². The van der Waals surface area contributed by atoms with Gasteiger partial charge >= 0.3 is 11.9 Å². The summed E-state index contributed by atoms with van der Waals surface area (Å²) in [4.78, 5) is 21.2. The van der Waals surface area contributed by atoms with E-state index in [1.54, 1.807) is 0 Å². The normalized spacial score (nSPS) is 15.0. The van der Waals surface area contributed by atoms with Gasteiger partial charge in [-0.3, -0.25) is 4.79 Å². The average molecular weight is 269 g/mol. The number of aliphatic carboxylic acids is 1. The number of esters is 1. The van der Waals surface area contributed by atoms with E-state index in [1.807, 2.05) is 4.72 Å². The number of methoxy groups -OCH3 is 1. The van der Waals surface area contributed by atoms with Crippen LogP contribution in [-0.4, -0.2) is 55.6 Å². The minimum atomic E-state index is -3.83. The van der Waals surface area contributed by atoms with Crippen molar-refractivity contribution in [3.05, 3.63) is 0 Å². The fraction of sp³-hybridized carbons (Fsp3) is 0.750. The highest BCUT2D eigenvalue weighted by molar-refractivity contribution is 7.89. The number of carbonyl (C=O) groups is 2. The summed E-state index contributed by atoms with van der Waals surface area (Å²) >= 11 is 0. The number of hydrogen-bond acceptors (Lipinski definition) is 6. The van der Waals surface area contributed by atoms with E-state index in [9.17, 15) is 23.1 Å². The lowest BCUT2D eigenvalue weighted by molar-refractivity contribution is -0.155. The third kappa shape index (κ3) is 6.19. The number of rotatable bonds is 7. The highest BCUT2D eigenvalue weighted by Crippen LogP contribution is 2.02. The van der Waals surface area contributed by atoms with Crippen LogP contribution in [0.3, 0.4) is 0 Å². The highest BCUT2D eigenvalue weighted by atomic mass is 32.2. The zero-order valence-electron chi connectivity index (χ0n) is 9.47. The average Bonchev–Trinajstić information content (AvgIpc) is 2.23. The number of nitrogens with one attached hydrogen (secondary N) is 1. The van der Waals surface area contributed by atoms with Crippen LogP contribution in [-0.2, 0) is 24.3 Å². The Balaban J connectivity index is 4.29. The lowest BCUT2D eigenvalue weighted by atomic mass is 10.1. The maximum absolute atomic E-state index is 11.3. The Morgan fingerprint density at radius 1 is 1.41 bits per heavy atom. The zero-order chi connectivity index (χ0) is 13.7. The Labute approximate surface area is 98.6 Å². The van der Waals surface area contributed by atoms with E-state index in [4.69, 9.17) is 5.11 Å². The van der Waals surface area contributed by atoms with Gasteiger partial charge in [-0.05, 0) is 6.92 Å². The van der Waals surface area contributed by atoms with Crippen LogP contribution in [0.5, 0.6) is 0 Å². The molecule has 1 unspecified atom stereocenters. The molecule has 1 atom stereocenters. The number of carboxylic acid groups (broad SMARTS) is 1. The van der Waals surface area contributed by atoms with Crippen molar-refractivity contribution in [2.24, 2.45) is 0 Å². The van der Waals surface area contributed by atoms with Gasteiger partial charge < -0.3 is 14.9 Å². The van der Waals surface area contributed by atoms with E-state index in [-0.39, 0.29) is 6.42 Å². The maximum Gasteiger partial charge on any atom is 0.336 e. The standard InChI is InChI=1S/C8H15NO7S/c1-8(13,7(11)12)5-9-17(14,15)4-3-6(10)16-2/h9,13H,3-5H2,1-2H3,(H,11,12). The fourth-order valence-corrected chi connectivity index (χ4v) is 1.80. The molecular weight excluding hydrogens is 254 g/mol. The van der Waals surface area contributed by atoms with Crippen LogP contribution in [0.15, 0.2) is 0 Å². The second-order valence-electron chi connectivity index (χ2n) is 3.55. The fourth-order valence-electron chi connectivity index (χ4n) is 0.718. The first-order valence-corrected chi connectivity index (χ1v) is 6.26. The third-order valence-corrected chi connectivity index (χ3v) is 3.23. The van der Waals surface area contributed by atoms with Crippen molar-refractivity contribution in [1.29, 1.82) is 0 Å². The molecule has 100 valence electrons. The molecule has 0 amide bonds. The largest absolute Gasteiger partial charge is 0.479 e. The van der Waals surface area contributed by atoms with Crippen LogP contribution in [0.25, 0.3) is 0 Å². The molecule has 0 saturated heterocycles. The molecule has 9 heteroatoms. The third-order valence-electron chi connectivity index (χ3n) is 1.90. The van der Waals surface area contributed by atoms with Crippen molar-refractivity contribution in [2.75, 3.05) is 19.4 Å². The maximum atomic E-state index is 11.3. The molecule has 0 bridgehead atoms. The SMILES string of the molecule is COC(=O)CCS(=O)(=O)NCC(C)(O)C(=O)O. The molecule has 3 N–H and O–H groups in total. The monoisotopic (exact) mass is 269 g/mol. The summed E-state index contributed by atoms with van der Waals surface area (Å²) in [6, 6.07) is 0. The molecule has 0 aromatic heterocycles.